The fraction of sp³-hybridized carbons (Fsp3) is 0.562. The number of rotatable bonds is 2. The largest absolute Gasteiger partial charge is 0.480 e. The van der Waals surface area contributed by atoms with Gasteiger partial charge in [-0.15, -0.1) is 0 Å². The second-order valence-electron chi connectivity index (χ2n) is 6.00. The molecule has 102 valence electrons. The molecule has 19 heavy (non-hydrogen) atoms. The zero-order chi connectivity index (χ0) is 13.3. The summed E-state index contributed by atoms with van der Waals surface area (Å²) >= 11 is 0. The van der Waals surface area contributed by atoms with E-state index in [1.165, 1.54) is 36.8 Å². The third-order valence-electron chi connectivity index (χ3n) is 4.70. The van der Waals surface area contributed by atoms with E-state index in [0.29, 0.717) is 0 Å². The highest BCUT2D eigenvalue weighted by Gasteiger charge is 2.40. The Labute approximate surface area is 114 Å². The molecule has 1 aromatic carbocycles. The van der Waals surface area contributed by atoms with E-state index in [1.54, 1.807) is 0 Å². The molecule has 0 radical (unpaired) electrons. The number of benzene rings is 1. The van der Waals surface area contributed by atoms with Gasteiger partial charge in [-0.3, -0.25) is 9.69 Å². The number of aliphatic carboxylic acids is 1. The van der Waals surface area contributed by atoms with Gasteiger partial charge >= 0.3 is 5.97 Å². The molecule has 1 aromatic rings. The number of fused-ring (bicyclic) bond motifs is 2. The third kappa shape index (κ3) is 2.39. The van der Waals surface area contributed by atoms with Gasteiger partial charge in [-0.1, -0.05) is 24.3 Å². The Morgan fingerprint density at radius 3 is 2.89 bits per heavy atom. The first kappa shape index (κ1) is 12.7. The molecule has 1 aliphatic heterocycles. The SMILES string of the molecule is O=C(O)CN1CCCC2(CCCc3ccccc32)C1. The van der Waals surface area contributed by atoms with Crippen molar-refractivity contribution in [3.8, 4) is 0 Å². The van der Waals surface area contributed by atoms with Gasteiger partial charge in [0, 0.05) is 12.0 Å². The van der Waals surface area contributed by atoms with Crippen molar-refractivity contribution in [1.29, 1.82) is 0 Å². The maximum Gasteiger partial charge on any atom is 0.317 e. The second-order valence-corrected chi connectivity index (χ2v) is 6.00. The van der Waals surface area contributed by atoms with Gasteiger partial charge in [0.15, 0.2) is 0 Å². The summed E-state index contributed by atoms with van der Waals surface area (Å²) in [5.41, 5.74) is 3.17. The molecular weight excluding hydrogens is 238 g/mol. The van der Waals surface area contributed by atoms with Crippen LogP contribution in [0, 0.1) is 0 Å². The zero-order valence-electron chi connectivity index (χ0n) is 11.3. The lowest BCUT2D eigenvalue weighted by atomic mass is 9.66. The quantitative estimate of drug-likeness (QED) is 0.887. The molecule has 3 rings (SSSR count). The van der Waals surface area contributed by atoms with Gasteiger partial charge in [-0.25, -0.2) is 0 Å². The van der Waals surface area contributed by atoms with E-state index < -0.39 is 5.97 Å². The van der Waals surface area contributed by atoms with Crippen LogP contribution >= 0.6 is 0 Å². The molecule has 3 heteroatoms. The Balaban J connectivity index is 1.89. The van der Waals surface area contributed by atoms with Crippen molar-refractivity contribution in [3.63, 3.8) is 0 Å². The molecular formula is C16H21NO2. The normalized spacial score (nSPS) is 27.2. The predicted molar refractivity (Wildman–Crippen MR) is 74.4 cm³/mol. The maximum absolute atomic E-state index is 10.9. The minimum atomic E-state index is -0.707. The van der Waals surface area contributed by atoms with Crippen molar-refractivity contribution in [2.24, 2.45) is 0 Å². The minimum absolute atomic E-state index is 0.184. The smallest absolute Gasteiger partial charge is 0.317 e. The van der Waals surface area contributed by atoms with E-state index in [0.717, 1.165) is 19.5 Å². The molecule has 2 aliphatic rings. The van der Waals surface area contributed by atoms with Crippen LogP contribution in [0.2, 0.25) is 0 Å². The summed E-state index contributed by atoms with van der Waals surface area (Å²) < 4.78 is 0. The summed E-state index contributed by atoms with van der Waals surface area (Å²) in [5.74, 6) is -0.707. The lowest BCUT2D eigenvalue weighted by Gasteiger charge is -2.46. The first-order valence-electron chi connectivity index (χ1n) is 7.22. The van der Waals surface area contributed by atoms with E-state index >= 15 is 0 Å². The van der Waals surface area contributed by atoms with Crippen LogP contribution in [-0.4, -0.2) is 35.6 Å². The summed E-state index contributed by atoms with van der Waals surface area (Å²) in [6.07, 6.45) is 5.94. The summed E-state index contributed by atoms with van der Waals surface area (Å²) in [7, 11) is 0. The number of hydrogen-bond donors (Lipinski definition) is 1. The molecule has 1 aliphatic carbocycles. The lowest BCUT2D eigenvalue weighted by Crippen LogP contribution is -2.49. The maximum atomic E-state index is 10.9. The van der Waals surface area contributed by atoms with Gasteiger partial charge < -0.3 is 5.11 Å². The molecule has 0 bridgehead atoms. The van der Waals surface area contributed by atoms with Crippen LogP contribution in [0.1, 0.15) is 36.8 Å². The Kier molecular flexibility index (Phi) is 3.31. The molecule has 0 saturated carbocycles. The zero-order valence-corrected chi connectivity index (χ0v) is 11.3. The van der Waals surface area contributed by atoms with Gasteiger partial charge in [-0.2, -0.15) is 0 Å². The second kappa shape index (κ2) is 4.97. The minimum Gasteiger partial charge on any atom is -0.480 e. The molecule has 3 nitrogen and oxygen atoms in total. The number of piperidine rings is 1. The van der Waals surface area contributed by atoms with Crippen LogP contribution in [0.3, 0.4) is 0 Å². The Bertz CT molecular complexity index is 485. The highest BCUT2D eigenvalue weighted by atomic mass is 16.4. The van der Waals surface area contributed by atoms with Crippen LogP contribution in [0.4, 0.5) is 0 Å². The van der Waals surface area contributed by atoms with Crippen LogP contribution in [-0.2, 0) is 16.6 Å². The number of carboxylic acid groups (broad SMARTS) is 1. The van der Waals surface area contributed by atoms with Gasteiger partial charge in [0.2, 0.25) is 0 Å². The Morgan fingerprint density at radius 1 is 1.26 bits per heavy atom. The fourth-order valence-electron chi connectivity index (χ4n) is 3.98. The monoisotopic (exact) mass is 259 g/mol. The van der Waals surface area contributed by atoms with Crippen molar-refractivity contribution in [2.45, 2.75) is 37.5 Å². The van der Waals surface area contributed by atoms with Gasteiger partial charge in [0.1, 0.15) is 0 Å². The molecule has 0 aromatic heterocycles. The Hall–Kier alpha value is -1.35. The highest BCUT2D eigenvalue weighted by Crippen LogP contribution is 2.43. The summed E-state index contributed by atoms with van der Waals surface area (Å²) in [5, 5.41) is 9.01. The van der Waals surface area contributed by atoms with E-state index in [-0.39, 0.29) is 12.0 Å². The highest BCUT2D eigenvalue weighted by molar-refractivity contribution is 5.69. The van der Waals surface area contributed by atoms with E-state index in [2.05, 4.69) is 29.2 Å². The lowest BCUT2D eigenvalue weighted by molar-refractivity contribution is -0.138. The van der Waals surface area contributed by atoms with E-state index in [1.807, 2.05) is 0 Å². The van der Waals surface area contributed by atoms with Crippen molar-refractivity contribution in [3.05, 3.63) is 35.4 Å². The standard InChI is InChI=1S/C16H21NO2/c18-15(19)11-17-10-4-9-16(12-17)8-3-6-13-5-1-2-7-14(13)16/h1-2,5,7H,3-4,6,8-12H2,(H,18,19). The molecule has 1 saturated heterocycles. The molecule has 0 amide bonds. The van der Waals surface area contributed by atoms with E-state index in [4.69, 9.17) is 5.11 Å². The molecule has 1 heterocycles. The van der Waals surface area contributed by atoms with Gasteiger partial charge in [0.05, 0.1) is 6.54 Å². The number of likely N-dealkylation sites (tertiary alicyclic amines) is 1. The molecule has 1 N–H and O–H groups in total. The van der Waals surface area contributed by atoms with Crippen LogP contribution in [0.5, 0.6) is 0 Å². The first-order chi connectivity index (χ1) is 9.20. The Morgan fingerprint density at radius 2 is 2.05 bits per heavy atom. The van der Waals surface area contributed by atoms with Crippen LogP contribution in [0.25, 0.3) is 0 Å². The van der Waals surface area contributed by atoms with Crippen molar-refractivity contribution < 1.29 is 9.90 Å². The number of carboxylic acids is 1. The number of hydrogen-bond acceptors (Lipinski definition) is 2. The number of aryl methyl sites for hydroxylation is 1. The predicted octanol–water partition coefficient (Wildman–Crippen LogP) is 2.44. The summed E-state index contributed by atoms with van der Waals surface area (Å²) in [4.78, 5) is 13.1. The molecule has 1 atom stereocenters. The fourth-order valence-corrected chi connectivity index (χ4v) is 3.98. The molecule has 1 unspecified atom stereocenters. The van der Waals surface area contributed by atoms with E-state index in [9.17, 15) is 4.79 Å². The number of carbonyl (C=O) groups is 1. The average Bonchev–Trinajstić information content (AvgIpc) is 2.39. The molecule has 1 fully saturated rings. The topological polar surface area (TPSA) is 40.5 Å². The molecule has 1 spiro atoms. The summed E-state index contributed by atoms with van der Waals surface area (Å²) in [6, 6.07) is 8.75. The number of nitrogens with zero attached hydrogens (tertiary/aromatic N) is 1. The average molecular weight is 259 g/mol. The van der Waals surface area contributed by atoms with Gasteiger partial charge in [0.25, 0.3) is 0 Å². The van der Waals surface area contributed by atoms with Gasteiger partial charge in [-0.05, 0) is 49.8 Å². The third-order valence-corrected chi connectivity index (χ3v) is 4.70. The van der Waals surface area contributed by atoms with Crippen molar-refractivity contribution in [1.82, 2.24) is 4.90 Å². The first-order valence-corrected chi connectivity index (χ1v) is 7.22. The van der Waals surface area contributed by atoms with Crippen LogP contribution < -0.4 is 0 Å². The van der Waals surface area contributed by atoms with Crippen LogP contribution in [0.15, 0.2) is 24.3 Å². The van der Waals surface area contributed by atoms with Crippen molar-refractivity contribution in [2.75, 3.05) is 19.6 Å². The summed E-state index contributed by atoms with van der Waals surface area (Å²) in [6.45, 7) is 2.02. The van der Waals surface area contributed by atoms with Crippen molar-refractivity contribution >= 4 is 5.97 Å².